The highest BCUT2D eigenvalue weighted by atomic mass is 16.1. The first-order valence-corrected chi connectivity index (χ1v) is 7.96. The fourth-order valence-corrected chi connectivity index (χ4v) is 2.65. The zero-order valence-electron chi connectivity index (χ0n) is 13.1. The zero-order chi connectivity index (χ0) is 15.1. The third-order valence-corrected chi connectivity index (χ3v) is 3.87. The molecule has 0 aromatic carbocycles. The molecule has 5 heteroatoms. The topological polar surface area (TPSA) is 57.3 Å². The van der Waals surface area contributed by atoms with Crippen molar-refractivity contribution < 1.29 is 4.79 Å². The SMILES string of the molecule is CCCNc1cc(C(=O)NC2CCCN(CC)C2)ccn1. The van der Waals surface area contributed by atoms with Gasteiger partial charge in [-0.05, 0) is 44.5 Å². The van der Waals surface area contributed by atoms with Gasteiger partial charge in [0, 0.05) is 30.9 Å². The molecule has 0 bridgehead atoms. The number of pyridine rings is 1. The lowest BCUT2D eigenvalue weighted by molar-refractivity contribution is 0.0906. The number of carbonyl (C=O) groups excluding carboxylic acids is 1. The number of anilines is 1. The van der Waals surface area contributed by atoms with Crippen molar-refractivity contribution in [2.24, 2.45) is 0 Å². The molecule has 2 N–H and O–H groups in total. The predicted octanol–water partition coefficient (Wildman–Crippen LogP) is 2.12. The number of hydrogen-bond donors (Lipinski definition) is 2. The molecule has 2 heterocycles. The Kier molecular flexibility index (Phi) is 5.99. The van der Waals surface area contributed by atoms with Crippen LogP contribution in [-0.2, 0) is 0 Å². The van der Waals surface area contributed by atoms with Crippen molar-refractivity contribution >= 4 is 11.7 Å². The summed E-state index contributed by atoms with van der Waals surface area (Å²) in [6, 6.07) is 3.85. The van der Waals surface area contributed by atoms with Crippen molar-refractivity contribution in [3.8, 4) is 0 Å². The minimum atomic E-state index is -0.0000912. The van der Waals surface area contributed by atoms with Gasteiger partial charge < -0.3 is 15.5 Å². The number of nitrogens with one attached hydrogen (secondary N) is 2. The van der Waals surface area contributed by atoms with E-state index in [0.717, 1.165) is 51.3 Å². The number of amides is 1. The van der Waals surface area contributed by atoms with Gasteiger partial charge in [0.05, 0.1) is 0 Å². The Morgan fingerprint density at radius 3 is 3.10 bits per heavy atom. The number of carbonyl (C=O) groups is 1. The first-order chi connectivity index (χ1) is 10.2. The molecule has 1 aliphatic rings. The molecule has 1 aromatic heterocycles. The molecule has 1 saturated heterocycles. The van der Waals surface area contributed by atoms with Crippen LogP contribution in [0.2, 0.25) is 0 Å². The Labute approximate surface area is 127 Å². The van der Waals surface area contributed by atoms with Crippen LogP contribution in [0, 0.1) is 0 Å². The third-order valence-electron chi connectivity index (χ3n) is 3.87. The van der Waals surface area contributed by atoms with Crippen molar-refractivity contribution in [3.63, 3.8) is 0 Å². The van der Waals surface area contributed by atoms with Crippen LogP contribution in [0.4, 0.5) is 5.82 Å². The Balaban J connectivity index is 1.93. The lowest BCUT2D eigenvalue weighted by Crippen LogP contribution is -2.47. The largest absolute Gasteiger partial charge is 0.370 e. The Morgan fingerprint density at radius 1 is 1.48 bits per heavy atom. The monoisotopic (exact) mass is 290 g/mol. The van der Waals surface area contributed by atoms with Crippen molar-refractivity contribution in [1.29, 1.82) is 0 Å². The van der Waals surface area contributed by atoms with Crippen LogP contribution in [0.5, 0.6) is 0 Å². The normalized spacial score (nSPS) is 19.2. The summed E-state index contributed by atoms with van der Waals surface area (Å²) in [6.45, 7) is 8.28. The molecule has 1 amide bonds. The number of piperidine rings is 1. The summed E-state index contributed by atoms with van der Waals surface area (Å²) in [5.74, 6) is 0.767. The summed E-state index contributed by atoms with van der Waals surface area (Å²) < 4.78 is 0. The molecular formula is C16H26N4O. The smallest absolute Gasteiger partial charge is 0.251 e. The van der Waals surface area contributed by atoms with Crippen LogP contribution in [0.3, 0.4) is 0 Å². The molecule has 0 spiro atoms. The van der Waals surface area contributed by atoms with Crippen molar-refractivity contribution in [2.45, 2.75) is 39.2 Å². The maximum Gasteiger partial charge on any atom is 0.251 e. The van der Waals surface area contributed by atoms with Gasteiger partial charge in [-0.3, -0.25) is 4.79 Å². The number of nitrogens with zero attached hydrogens (tertiary/aromatic N) is 2. The third kappa shape index (κ3) is 4.70. The fraction of sp³-hybridized carbons (Fsp3) is 0.625. The Hall–Kier alpha value is -1.62. The van der Waals surface area contributed by atoms with Crippen molar-refractivity contribution in [3.05, 3.63) is 23.9 Å². The quantitative estimate of drug-likeness (QED) is 0.842. The highest BCUT2D eigenvalue weighted by molar-refractivity contribution is 5.95. The number of likely N-dealkylation sites (N-methyl/N-ethyl adjacent to an activating group) is 1. The van der Waals surface area contributed by atoms with Crippen LogP contribution in [0.25, 0.3) is 0 Å². The molecule has 0 radical (unpaired) electrons. The summed E-state index contributed by atoms with van der Waals surface area (Å²) in [4.78, 5) is 19.0. The molecule has 116 valence electrons. The molecule has 1 unspecified atom stereocenters. The van der Waals surface area contributed by atoms with E-state index in [1.165, 1.54) is 0 Å². The van der Waals surface area contributed by atoms with Crippen LogP contribution in [-0.4, -0.2) is 48.0 Å². The average Bonchev–Trinajstić information content (AvgIpc) is 2.53. The van der Waals surface area contributed by atoms with E-state index in [1.807, 2.05) is 6.07 Å². The van der Waals surface area contributed by atoms with Gasteiger partial charge in [0.25, 0.3) is 5.91 Å². The lowest BCUT2D eigenvalue weighted by atomic mass is 10.1. The van der Waals surface area contributed by atoms with Gasteiger partial charge in [0.1, 0.15) is 5.82 Å². The highest BCUT2D eigenvalue weighted by Gasteiger charge is 2.20. The van der Waals surface area contributed by atoms with Gasteiger partial charge in [-0.15, -0.1) is 0 Å². The van der Waals surface area contributed by atoms with Gasteiger partial charge in [0.2, 0.25) is 0 Å². The molecule has 5 nitrogen and oxygen atoms in total. The molecule has 0 saturated carbocycles. The first-order valence-electron chi connectivity index (χ1n) is 7.96. The first kappa shape index (κ1) is 15.8. The van der Waals surface area contributed by atoms with E-state index in [4.69, 9.17) is 0 Å². The summed E-state index contributed by atoms with van der Waals surface area (Å²) in [7, 11) is 0. The summed E-state index contributed by atoms with van der Waals surface area (Å²) in [5, 5.41) is 6.36. The zero-order valence-corrected chi connectivity index (χ0v) is 13.1. The minimum Gasteiger partial charge on any atom is -0.370 e. The van der Waals surface area contributed by atoms with E-state index in [9.17, 15) is 4.79 Å². The molecule has 1 aliphatic heterocycles. The van der Waals surface area contributed by atoms with Gasteiger partial charge in [-0.2, -0.15) is 0 Å². The molecule has 21 heavy (non-hydrogen) atoms. The maximum absolute atomic E-state index is 12.3. The molecule has 2 rings (SSSR count). The van der Waals surface area contributed by atoms with E-state index in [-0.39, 0.29) is 11.9 Å². The fourth-order valence-electron chi connectivity index (χ4n) is 2.65. The molecule has 0 aliphatic carbocycles. The second kappa shape index (κ2) is 7.98. The van der Waals surface area contributed by atoms with E-state index < -0.39 is 0 Å². The van der Waals surface area contributed by atoms with Crippen molar-refractivity contribution in [1.82, 2.24) is 15.2 Å². The van der Waals surface area contributed by atoms with Crippen LogP contribution < -0.4 is 10.6 Å². The van der Waals surface area contributed by atoms with E-state index >= 15 is 0 Å². The summed E-state index contributed by atoms with van der Waals surface area (Å²) >= 11 is 0. The number of likely N-dealkylation sites (tertiary alicyclic amines) is 1. The van der Waals surface area contributed by atoms with E-state index in [2.05, 4.69) is 34.4 Å². The molecular weight excluding hydrogens is 264 g/mol. The summed E-state index contributed by atoms with van der Waals surface area (Å²) in [5.41, 5.74) is 0.678. The highest BCUT2D eigenvalue weighted by Crippen LogP contribution is 2.12. The Bertz CT molecular complexity index is 463. The van der Waals surface area contributed by atoms with Gasteiger partial charge in [-0.25, -0.2) is 4.98 Å². The predicted molar refractivity (Wildman–Crippen MR) is 85.6 cm³/mol. The number of aromatic nitrogens is 1. The van der Waals surface area contributed by atoms with Crippen LogP contribution in [0.1, 0.15) is 43.5 Å². The average molecular weight is 290 g/mol. The lowest BCUT2D eigenvalue weighted by Gasteiger charge is -2.32. The van der Waals surface area contributed by atoms with Gasteiger partial charge in [-0.1, -0.05) is 13.8 Å². The molecule has 1 fully saturated rings. The standard InChI is InChI=1S/C16H26N4O/c1-3-8-17-15-11-13(7-9-18-15)16(21)19-14-6-5-10-20(4-2)12-14/h7,9,11,14H,3-6,8,10,12H2,1-2H3,(H,17,18)(H,19,21). The molecule has 1 aromatic rings. The number of hydrogen-bond acceptors (Lipinski definition) is 4. The maximum atomic E-state index is 12.3. The van der Waals surface area contributed by atoms with Crippen molar-refractivity contribution in [2.75, 3.05) is 31.5 Å². The minimum absolute atomic E-state index is 0.0000912. The number of rotatable bonds is 6. The van der Waals surface area contributed by atoms with Gasteiger partial charge in [0.15, 0.2) is 0 Å². The van der Waals surface area contributed by atoms with E-state index in [0.29, 0.717) is 5.56 Å². The molecule has 1 atom stereocenters. The summed E-state index contributed by atoms with van der Waals surface area (Å²) in [6.07, 6.45) is 4.94. The van der Waals surface area contributed by atoms with Gasteiger partial charge >= 0.3 is 0 Å². The second-order valence-corrected chi connectivity index (χ2v) is 5.56. The van der Waals surface area contributed by atoms with E-state index in [1.54, 1.807) is 12.3 Å². The Morgan fingerprint density at radius 2 is 2.33 bits per heavy atom. The second-order valence-electron chi connectivity index (χ2n) is 5.56. The van der Waals surface area contributed by atoms with Crippen LogP contribution >= 0.6 is 0 Å². The van der Waals surface area contributed by atoms with Crippen LogP contribution in [0.15, 0.2) is 18.3 Å².